The fourth-order valence-electron chi connectivity index (χ4n) is 0.341. The molecule has 7 heavy (non-hydrogen) atoms. The molecule has 0 amide bonds. The van der Waals surface area contributed by atoms with Crippen LogP contribution in [0.3, 0.4) is 0 Å². The quantitative estimate of drug-likeness (QED) is 0.496. The van der Waals surface area contributed by atoms with Gasteiger partial charge >= 0.3 is 0 Å². The van der Waals surface area contributed by atoms with Crippen molar-refractivity contribution in [1.29, 1.82) is 0 Å². The maximum absolute atomic E-state index is 5.52. The normalized spacial score (nSPS) is 9.43. The summed E-state index contributed by atoms with van der Waals surface area (Å²) in [6, 6.07) is 0. The van der Waals surface area contributed by atoms with Gasteiger partial charge in [-0.05, 0) is 0 Å². The summed E-state index contributed by atoms with van der Waals surface area (Å²) in [5, 5.41) is 0.667. The monoisotopic (exact) mass is 116 g/mol. The summed E-state index contributed by atoms with van der Waals surface area (Å²) in [7, 11) is 1.84. The highest BCUT2D eigenvalue weighted by molar-refractivity contribution is 6.29. The molecule has 0 spiro atoms. The molecule has 0 aromatic carbocycles. The average molecular weight is 117 g/mol. The van der Waals surface area contributed by atoms with E-state index >= 15 is 0 Å². The summed E-state index contributed by atoms with van der Waals surface area (Å²) in [4.78, 5) is 3.75. The molecule has 3 heteroatoms. The van der Waals surface area contributed by atoms with E-state index in [9.17, 15) is 0 Å². The zero-order chi connectivity index (χ0) is 5.28. The Kier molecular flexibility index (Phi) is 1.02. The minimum Gasteiger partial charge on any atom is -0.325 e. The predicted octanol–water partition coefficient (Wildman–Crippen LogP) is 1.07. The molecule has 0 atom stereocenters. The van der Waals surface area contributed by atoms with Crippen LogP contribution in [0.2, 0.25) is 5.15 Å². The Labute approximate surface area is 46.7 Å². The topological polar surface area (TPSA) is 17.8 Å². The second-order valence-corrected chi connectivity index (χ2v) is 1.71. The van der Waals surface area contributed by atoms with Crippen LogP contribution >= 0.6 is 11.6 Å². The second kappa shape index (κ2) is 1.54. The van der Waals surface area contributed by atoms with Crippen molar-refractivity contribution < 1.29 is 0 Å². The van der Waals surface area contributed by atoms with Gasteiger partial charge in [-0.3, -0.25) is 0 Å². The molecule has 0 aliphatic heterocycles. The first-order valence-corrected chi connectivity index (χ1v) is 2.30. The first kappa shape index (κ1) is 4.65. The number of rotatable bonds is 0. The SMILES string of the molecule is Cn1cncc1Cl. The van der Waals surface area contributed by atoms with Crippen molar-refractivity contribution in [2.45, 2.75) is 0 Å². The first-order valence-electron chi connectivity index (χ1n) is 1.92. The first-order chi connectivity index (χ1) is 3.30. The molecule has 1 heterocycles. The number of halogens is 1. The maximum atomic E-state index is 5.52. The van der Waals surface area contributed by atoms with Crippen LogP contribution in [0.4, 0.5) is 0 Å². The minimum atomic E-state index is 0.667. The lowest BCUT2D eigenvalue weighted by Gasteiger charge is -1.84. The molecule has 0 saturated carbocycles. The van der Waals surface area contributed by atoms with E-state index in [2.05, 4.69) is 4.98 Å². The third-order valence-corrected chi connectivity index (χ3v) is 1.12. The van der Waals surface area contributed by atoms with Crippen LogP contribution in [0.5, 0.6) is 0 Å². The largest absolute Gasteiger partial charge is 0.325 e. The Morgan fingerprint density at radius 1 is 1.86 bits per heavy atom. The number of aromatic nitrogens is 2. The molecule has 0 radical (unpaired) electrons. The number of nitrogens with zero attached hydrogens (tertiary/aromatic N) is 2. The summed E-state index contributed by atoms with van der Waals surface area (Å²) < 4.78 is 1.74. The van der Waals surface area contributed by atoms with Gasteiger partial charge in [-0.25, -0.2) is 4.98 Å². The highest BCUT2D eigenvalue weighted by Crippen LogP contribution is 2.01. The molecule has 0 saturated heterocycles. The van der Waals surface area contributed by atoms with Crippen molar-refractivity contribution in [3.63, 3.8) is 0 Å². The molecule has 2 nitrogen and oxygen atoms in total. The van der Waals surface area contributed by atoms with E-state index in [1.165, 1.54) is 0 Å². The lowest BCUT2D eigenvalue weighted by atomic mass is 10.9. The van der Waals surface area contributed by atoms with E-state index in [0.29, 0.717) is 5.15 Å². The van der Waals surface area contributed by atoms with Gasteiger partial charge in [0.25, 0.3) is 0 Å². The summed E-state index contributed by atoms with van der Waals surface area (Å²) in [6.45, 7) is 0. The van der Waals surface area contributed by atoms with Gasteiger partial charge in [0.15, 0.2) is 0 Å². The Morgan fingerprint density at radius 3 is 2.71 bits per heavy atom. The fourth-order valence-corrected chi connectivity index (χ4v) is 0.441. The molecule has 1 rings (SSSR count). The van der Waals surface area contributed by atoms with E-state index in [0.717, 1.165) is 0 Å². The van der Waals surface area contributed by atoms with Crippen molar-refractivity contribution >= 4 is 11.6 Å². The molecule has 0 unspecified atom stereocenters. The Hall–Kier alpha value is -0.500. The van der Waals surface area contributed by atoms with Crippen LogP contribution in [-0.4, -0.2) is 9.55 Å². The molecule has 0 bridgehead atoms. The molecule has 0 aliphatic rings. The summed E-state index contributed by atoms with van der Waals surface area (Å²) in [5.74, 6) is 0. The van der Waals surface area contributed by atoms with Gasteiger partial charge in [-0.1, -0.05) is 11.6 Å². The van der Waals surface area contributed by atoms with Crippen LogP contribution in [0, 0.1) is 0 Å². The lowest BCUT2D eigenvalue weighted by molar-refractivity contribution is 0.914. The molecule has 0 aliphatic carbocycles. The third-order valence-electron chi connectivity index (χ3n) is 0.758. The number of hydrogen-bond donors (Lipinski definition) is 0. The van der Waals surface area contributed by atoms with E-state index in [-0.39, 0.29) is 0 Å². The second-order valence-electron chi connectivity index (χ2n) is 1.33. The van der Waals surface area contributed by atoms with E-state index in [4.69, 9.17) is 11.6 Å². The van der Waals surface area contributed by atoms with Crippen LogP contribution in [-0.2, 0) is 7.05 Å². The van der Waals surface area contributed by atoms with E-state index in [1.54, 1.807) is 17.1 Å². The van der Waals surface area contributed by atoms with E-state index in [1.807, 2.05) is 7.05 Å². The predicted molar refractivity (Wildman–Crippen MR) is 28.2 cm³/mol. The van der Waals surface area contributed by atoms with Crippen LogP contribution < -0.4 is 0 Å². The highest BCUT2D eigenvalue weighted by Gasteiger charge is 1.86. The third kappa shape index (κ3) is 0.747. The number of imidazole rings is 1. The maximum Gasteiger partial charge on any atom is 0.128 e. The molecule has 1 aromatic heterocycles. The van der Waals surface area contributed by atoms with Crippen LogP contribution in [0.15, 0.2) is 12.5 Å². The molecular weight excluding hydrogens is 112 g/mol. The Bertz CT molecular complexity index is 142. The van der Waals surface area contributed by atoms with Crippen LogP contribution in [0.25, 0.3) is 0 Å². The molecular formula is C4H5ClN2. The molecule has 0 fully saturated rings. The molecule has 38 valence electrons. The van der Waals surface area contributed by atoms with Crippen molar-refractivity contribution in [2.75, 3.05) is 0 Å². The van der Waals surface area contributed by atoms with Crippen LogP contribution in [0.1, 0.15) is 0 Å². The Morgan fingerprint density at radius 2 is 2.57 bits per heavy atom. The Balaban J connectivity index is 3.12. The summed E-state index contributed by atoms with van der Waals surface area (Å²) in [6.07, 6.45) is 3.25. The molecule has 1 aromatic rings. The number of hydrogen-bond acceptors (Lipinski definition) is 1. The highest BCUT2D eigenvalue weighted by atomic mass is 35.5. The minimum absolute atomic E-state index is 0.667. The van der Waals surface area contributed by atoms with Gasteiger partial charge in [0.2, 0.25) is 0 Å². The standard InChI is InChI=1S/C4H5ClN2/c1-7-3-6-2-4(7)5/h2-3H,1H3. The summed E-state index contributed by atoms with van der Waals surface area (Å²) >= 11 is 5.52. The number of aryl methyl sites for hydroxylation is 1. The van der Waals surface area contributed by atoms with Crippen molar-refractivity contribution in [3.05, 3.63) is 17.7 Å². The smallest absolute Gasteiger partial charge is 0.128 e. The van der Waals surface area contributed by atoms with Gasteiger partial charge in [0.1, 0.15) is 5.15 Å². The average Bonchev–Trinajstić information content (AvgIpc) is 1.91. The van der Waals surface area contributed by atoms with Crippen molar-refractivity contribution in [3.8, 4) is 0 Å². The van der Waals surface area contributed by atoms with Crippen molar-refractivity contribution in [1.82, 2.24) is 9.55 Å². The van der Waals surface area contributed by atoms with Crippen molar-refractivity contribution in [2.24, 2.45) is 7.05 Å². The van der Waals surface area contributed by atoms with Gasteiger partial charge < -0.3 is 4.57 Å². The lowest BCUT2D eigenvalue weighted by Crippen LogP contribution is -1.80. The molecule has 0 N–H and O–H groups in total. The van der Waals surface area contributed by atoms with Gasteiger partial charge in [0.05, 0.1) is 12.5 Å². The zero-order valence-electron chi connectivity index (χ0n) is 3.93. The van der Waals surface area contributed by atoms with Gasteiger partial charge in [-0.15, -0.1) is 0 Å². The summed E-state index contributed by atoms with van der Waals surface area (Å²) in [5.41, 5.74) is 0. The fraction of sp³-hybridized carbons (Fsp3) is 0.250. The van der Waals surface area contributed by atoms with Gasteiger partial charge in [-0.2, -0.15) is 0 Å². The van der Waals surface area contributed by atoms with E-state index < -0.39 is 0 Å². The zero-order valence-corrected chi connectivity index (χ0v) is 4.68. The van der Waals surface area contributed by atoms with Gasteiger partial charge in [0, 0.05) is 7.05 Å².